The standard InChI is InChI=1S/C10H22.C9H19N.C9H18.C8H17N.C8H19N.C7H17N/c1-9(2,3)7-8-10(4,5)6;1-9(2,3)8-10-6-4-5-7-10;1-9(2,3)7-6-8-4-5-8;1-8(2,3)7-9-5-4-6-9;1-6-9(5)7-8(2,3)4;1-7(2,3)6-8(4)5/h7-8H2,1-6H3;4-8H2,1-3H3;8H,4-7H2,1-3H3;4-7H2,1-3H3;6-7H2,1-5H3;6H2,1-5H3. The summed E-state index contributed by atoms with van der Waals surface area (Å²) in [5, 5.41) is 0. The lowest BCUT2D eigenvalue weighted by Gasteiger charge is -2.36. The molecule has 0 bridgehead atoms. The van der Waals surface area contributed by atoms with Gasteiger partial charge in [0.2, 0.25) is 0 Å². The molecule has 2 heterocycles. The van der Waals surface area contributed by atoms with Crippen molar-refractivity contribution in [2.75, 3.05) is 80.0 Å². The maximum absolute atomic E-state index is 2.57. The van der Waals surface area contributed by atoms with Crippen LogP contribution in [0.5, 0.6) is 0 Å². The lowest BCUT2D eigenvalue weighted by atomic mass is 9.81. The monoisotopic (exact) mass is 781 g/mol. The number of likely N-dealkylation sites (tertiary alicyclic amines) is 2. The van der Waals surface area contributed by atoms with Gasteiger partial charge in [-0.1, -0.05) is 165 Å². The van der Waals surface area contributed by atoms with Gasteiger partial charge >= 0.3 is 0 Å². The average molecular weight is 781 g/mol. The third-order valence-corrected chi connectivity index (χ3v) is 9.24. The zero-order chi connectivity index (χ0) is 44.1. The van der Waals surface area contributed by atoms with Crippen LogP contribution in [-0.4, -0.2) is 99.6 Å². The normalized spacial score (nSPS) is 17.3. The van der Waals surface area contributed by atoms with E-state index in [1.54, 1.807) is 0 Å². The summed E-state index contributed by atoms with van der Waals surface area (Å²) in [4.78, 5) is 9.63. The molecule has 3 rings (SSSR count). The molecule has 1 saturated carbocycles. The smallest absolute Gasteiger partial charge is 0.00301 e. The summed E-state index contributed by atoms with van der Waals surface area (Å²) in [5.41, 5.74) is 3.47. The lowest BCUT2D eigenvalue weighted by molar-refractivity contribution is 0.125. The van der Waals surface area contributed by atoms with Crippen LogP contribution >= 0.6 is 0 Å². The summed E-state index contributed by atoms with van der Waals surface area (Å²) in [7, 11) is 6.36. The van der Waals surface area contributed by atoms with Crippen molar-refractivity contribution in [2.24, 2.45) is 43.8 Å². The van der Waals surface area contributed by atoms with Crippen molar-refractivity contribution in [1.82, 2.24) is 19.6 Å². The molecule has 2 aliphatic heterocycles. The second kappa shape index (κ2) is 26.8. The van der Waals surface area contributed by atoms with Gasteiger partial charge in [-0.15, -0.1) is 0 Å². The van der Waals surface area contributed by atoms with Gasteiger partial charge in [0.25, 0.3) is 0 Å². The summed E-state index contributed by atoms with van der Waals surface area (Å²) in [6.07, 6.45) is 12.8. The Morgan fingerprint density at radius 1 is 0.418 bits per heavy atom. The van der Waals surface area contributed by atoms with Gasteiger partial charge in [-0.2, -0.15) is 0 Å². The predicted octanol–water partition coefficient (Wildman–Crippen LogP) is 14.5. The summed E-state index contributed by atoms with van der Waals surface area (Å²) in [6, 6.07) is 0. The zero-order valence-corrected chi connectivity index (χ0v) is 43.6. The van der Waals surface area contributed by atoms with Crippen LogP contribution in [0.15, 0.2) is 0 Å². The topological polar surface area (TPSA) is 13.0 Å². The van der Waals surface area contributed by atoms with E-state index in [2.05, 4.69) is 193 Å². The van der Waals surface area contributed by atoms with Crippen molar-refractivity contribution in [2.45, 2.75) is 210 Å². The fourth-order valence-electron chi connectivity index (χ4n) is 6.49. The van der Waals surface area contributed by atoms with E-state index in [1.165, 1.54) is 104 Å². The van der Waals surface area contributed by atoms with Gasteiger partial charge in [0.15, 0.2) is 0 Å². The molecular formula is C51H112N4. The van der Waals surface area contributed by atoms with Crippen LogP contribution in [0.2, 0.25) is 0 Å². The summed E-state index contributed by atoms with van der Waals surface area (Å²) >= 11 is 0. The zero-order valence-electron chi connectivity index (χ0n) is 43.6. The quantitative estimate of drug-likeness (QED) is 0.243. The van der Waals surface area contributed by atoms with E-state index >= 15 is 0 Å². The Hall–Kier alpha value is -0.160. The largest absolute Gasteiger partial charge is 0.309 e. The Balaban J connectivity index is -0.000000591. The van der Waals surface area contributed by atoms with Crippen molar-refractivity contribution in [3.05, 3.63) is 0 Å². The molecule has 2 saturated heterocycles. The molecule has 0 atom stereocenters. The van der Waals surface area contributed by atoms with Crippen molar-refractivity contribution in [3.63, 3.8) is 0 Å². The second-order valence-electron chi connectivity index (χ2n) is 26.6. The van der Waals surface area contributed by atoms with Gasteiger partial charge < -0.3 is 19.6 Å². The van der Waals surface area contributed by atoms with Crippen LogP contribution in [0.25, 0.3) is 0 Å². The highest BCUT2D eigenvalue weighted by Gasteiger charge is 2.23. The molecule has 4 heteroatoms. The van der Waals surface area contributed by atoms with Crippen molar-refractivity contribution in [1.29, 1.82) is 0 Å². The highest BCUT2D eigenvalue weighted by molar-refractivity contribution is 4.76. The van der Waals surface area contributed by atoms with Crippen molar-refractivity contribution >= 4 is 0 Å². The van der Waals surface area contributed by atoms with Gasteiger partial charge in [0.1, 0.15) is 0 Å². The molecule has 3 aliphatic rings. The third kappa shape index (κ3) is 56.0. The van der Waals surface area contributed by atoms with E-state index in [0.717, 1.165) is 19.0 Å². The molecule has 0 unspecified atom stereocenters. The minimum absolute atomic E-state index is 0.448. The molecule has 0 radical (unpaired) electrons. The molecular weight excluding hydrogens is 669 g/mol. The summed E-state index contributed by atoms with van der Waals surface area (Å²) in [5.74, 6) is 1.12. The maximum Gasteiger partial charge on any atom is 0.00301 e. The first-order chi connectivity index (χ1) is 24.3. The van der Waals surface area contributed by atoms with Gasteiger partial charge in [0, 0.05) is 26.2 Å². The van der Waals surface area contributed by atoms with Gasteiger partial charge in [-0.3, -0.25) is 0 Å². The Labute approximate surface area is 352 Å². The molecule has 55 heavy (non-hydrogen) atoms. The second-order valence-corrected chi connectivity index (χ2v) is 26.6. The molecule has 336 valence electrons. The molecule has 4 nitrogen and oxygen atoms in total. The third-order valence-electron chi connectivity index (χ3n) is 9.24. The first kappa shape index (κ1) is 59.2. The molecule has 0 aromatic rings. The molecule has 0 N–H and O–H groups in total. The van der Waals surface area contributed by atoms with Crippen LogP contribution in [0.3, 0.4) is 0 Å². The van der Waals surface area contributed by atoms with E-state index < -0.39 is 0 Å². The number of nitrogens with zero attached hydrogens (tertiary/aromatic N) is 4. The Morgan fingerprint density at radius 3 is 0.909 bits per heavy atom. The van der Waals surface area contributed by atoms with Crippen LogP contribution < -0.4 is 0 Å². The van der Waals surface area contributed by atoms with E-state index in [0.29, 0.717) is 37.9 Å². The SMILES string of the molecule is CC(C)(C)CCC(C)(C)C.CC(C)(C)CCC1CC1.CC(C)(C)CN1CCC1.CC(C)(C)CN1CCCC1.CCN(C)CC(C)(C)C.CN(C)CC(C)(C)C. The number of rotatable bonds is 8. The highest BCUT2D eigenvalue weighted by atomic mass is 15.2. The van der Waals surface area contributed by atoms with Gasteiger partial charge in [-0.25, -0.2) is 0 Å². The molecule has 0 spiro atoms. The first-order valence-corrected chi connectivity index (χ1v) is 23.1. The molecule has 0 aromatic heterocycles. The van der Waals surface area contributed by atoms with E-state index in [-0.39, 0.29) is 0 Å². The van der Waals surface area contributed by atoms with E-state index in [1.807, 2.05) is 0 Å². The van der Waals surface area contributed by atoms with E-state index in [9.17, 15) is 0 Å². The Kier molecular flexibility index (Phi) is 28.9. The Bertz CT molecular complexity index is 842. The van der Waals surface area contributed by atoms with Gasteiger partial charge in [0.05, 0.1) is 0 Å². The molecule has 1 aliphatic carbocycles. The minimum atomic E-state index is 0.448. The first-order valence-electron chi connectivity index (χ1n) is 23.1. The fourth-order valence-corrected chi connectivity index (χ4v) is 6.49. The highest BCUT2D eigenvalue weighted by Crippen LogP contribution is 2.37. The van der Waals surface area contributed by atoms with Gasteiger partial charge in [-0.05, 0) is 143 Å². The van der Waals surface area contributed by atoms with Crippen molar-refractivity contribution < 1.29 is 0 Å². The maximum atomic E-state index is 2.57. The fraction of sp³-hybridized carbons (Fsp3) is 1.00. The van der Waals surface area contributed by atoms with E-state index in [4.69, 9.17) is 0 Å². The van der Waals surface area contributed by atoms with Crippen LogP contribution in [0.4, 0.5) is 0 Å². The van der Waals surface area contributed by atoms with Crippen LogP contribution in [0, 0.1) is 43.8 Å². The molecule has 0 amide bonds. The van der Waals surface area contributed by atoms with Crippen molar-refractivity contribution in [3.8, 4) is 0 Å². The van der Waals surface area contributed by atoms with Crippen LogP contribution in [0.1, 0.15) is 210 Å². The minimum Gasteiger partial charge on any atom is -0.309 e. The number of hydrogen-bond donors (Lipinski definition) is 0. The average Bonchev–Trinajstić information content (AvgIpc) is 3.60. The lowest BCUT2D eigenvalue weighted by Crippen LogP contribution is -2.42. The predicted molar refractivity (Wildman–Crippen MR) is 256 cm³/mol. The summed E-state index contributed by atoms with van der Waals surface area (Å²) < 4.78 is 0. The van der Waals surface area contributed by atoms with Crippen LogP contribution in [-0.2, 0) is 0 Å². The number of hydrogen-bond acceptors (Lipinski definition) is 4. The summed E-state index contributed by atoms with van der Waals surface area (Å²) in [6.45, 7) is 61.7. The Morgan fingerprint density at radius 2 is 0.745 bits per heavy atom. The molecule has 0 aromatic carbocycles. The molecule has 3 fully saturated rings.